The van der Waals surface area contributed by atoms with Gasteiger partial charge in [0.2, 0.25) is 5.91 Å². The first-order chi connectivity index (χ1) is 7.15. The first-order valence-corrected chi connectivity index (χ1v) is 5.64. The quantitative estimate of drug-likeness (QED) is 0.785. The van der Waals surface area contributed by atoms with Crippen LogP contribution in [-0.2, 0) is 10.2 Å². The summed E-state index contributed by atoms with van der Waals surface area (Å²) in [6, 6.07) is 7.95. The van der Waals surface area contributed by atoms with E-state index in [1.807, 2.05) is 18.2 Å². The second kappa shape index (κ2) is 3.86. The predicted molar refractivity (Wildman–Crippen MR) is 62.4 cm³/mol. The fourth-order valence-corrected chi connectivity index (χ4v) is 1.83. The lowest BCUT2D eigenvalue weighted by molar-refractivity contribution is -0.113. The molecular weight excluding hydrogens is 210 g/mol. The number of nitrogens with one attached hydrogen (secondary N) is 1. The molecule has 0 saturated heterocycles. The number of rotatable bonds is 3. The smallest absolute Gasteiger partial charge is 0.239 e. The van der Waals surface area contributed by atoms with Crippen LogP contribution in [0.3, 0.4) is 0 Å². The van der Waals surface area contributed by atoms with Crippen LogP contribution in [-0.4, -0.2) is 11.8 Å². The van der Waals surface area contributed by atoms with Crippen LogP contribution in [0.5, 0.6) is 0 Å². The summed E-state index contributed by atoms with van der Waals surface area (Å²) in [5.41, 5.74) is 2.39. The summed E-state index contributed by atoms with van der Waals surface area (Å²) in [6.07, 6.45) is 2.39. The minimum atomic E-state index is -0.145. The van der Waals surface area contributed by atoms with Gasteiger partial charge in [0, 0.05) is 5.69 Å². The molecule has 0 aromatic heterocycles. The highest BCUT2D eigenvalue weighted by Crippen LogP contribution is 2.49. The third kappa shape index (κ3) is 2.15. The van der Waals surface area contributed by atoms with Gasteiger partial charge in [-0.25, -0.2) is 0 Å². The zero-order chi connectivity index (χ0) is 10.9. The highest BCUT2D eigenvalue weighted by atomic mass is 35.5. The van der Waals surface area contributed by atoms with Crippen molar-refractivity contribution in [2.75, 3.05) is 11.2 Å². The van der Waals surface area contributed by atoms with E-state index in [-0.39, 0.29) is 17.2 Å². The number of para-hydroxylation sites is 1. The molecule has 2 nitrogen and oxygen atoms in total. The Hall–Kier alpha value is -1.02. The highest BCUT2D eigenvalue weighted by Gasteiger charge is 2.40. The summed E-state index contributed by atoms with van der Waals surface area (Å²) in [7, 11) is 0. The standard InChI is InChI=1S/C12H14ClNO/c1-12(6-7-12)9-4-2-3-5-10(9)14-11(15)8-13/h2-5H,6-8H2,1H3,(H,14,15). The zero-order valence-electron chi connectivity index (χ0n) is 8.72. The van der Waals surface area contributed by atoms with E-state index < -0.39 is 0 Å². The number of carbonyl (C=O) groups is 1. The summed E-state index contributed by atoms with van der Waals surface area (Å²) in [4.78, 5) is 11.2. The Bertz CT molecular complexity index is 385. The molecule has 3 heteroatoms. The summed E-state index contributed by atoms with van der Waals surface area (Å²) in [5, 5.41) is 2.84. The lowest BCUT2D eigenvalue weighted by Gasteiger charge is -2.15. The molecule has 1 N–H and O–H groups in total. The first kappa shape index (κ1) is 10.5. The van der Waals surface area contributed by atoms with E-state index in [4.69, 9.17) is 11.6 Å². The van der Waals surface area contributed by atoms with Gasteiger partial charge in [0.05, 0.1) is 0 Å². The van der Waals surface area contributed by atoms with E-state index in [0.717, 1.165) is 5.69 Å². The molecule has 15 heavy (non-hydrogen) atoms. The van der Waals surface area contributed by atoms with Crippen molar-refractivity contribution >= 4 is 23.2 Å². The van der Waals surface area contributed by atoms with Crippen LogP contribution in [0.2, 0.25) is 0 Å². The number of hydrogen-bond donors (Lipinski definition) is 1. The lowest BCUT2D eigenvalue weighted by atomic mass is 9.96. The number of alkyl halides is 1. The number of hydrogen-bond acceptors (Lipinski definition) is 1. The zero-order valence-corrected chi connectivity index (χ0v) is 9.47. The molecule has 1 aliphatic rings. The van der Waals surface area contributed by atoms with Crippen LogP contribution in [0.15, 0.2) is 24.3 Å². The van der Waals surface area contributed by atoms with E-state index in [1.165, 1.54) is 18.4 Å². The third-order valence-corrected chi connectivity index (χ3v) is 3.22. The highest BCUT2D eigenvalue weighted by molar-refractivity contribution is 6.29. The lowest BCUT2D eigenvalue weighted by Crippen LogP contribution is -2.15. The Labute approximate surface area is 94.6 Å². The molecule has 0 aliphatic heterocycles. The maximum absolute atomic E-state index is 11.2. The van der Waals surface area contributed by atoms with Gasteiger partial charge < -0.3 is 5.32 Å². The van der Waals surface area contributed by atoms with Gasteiger partial charge in [-0.15, -0.1) is 11.6 Å². The van der Waals surface area contributed by atoms with Crippen LogP contribution in [0.4, 0.5) is 5.69 Å². The Morgan fingerprint density at radius 2 is 2.13 bits per heavy atom. The largest absolute Gasteiger partial charge is 0.325 e. The van der Waals surface area contributed by atoms with E-state index in [0.29, 0.717) is 0 Å². The third-order valence-electron chi connectivity index (χ3n) is 2.97. The minimum absolute atomic E-state index is 0.00501. The van der Waals surface area contributed by atoms with E-state index >= 15 is 0 Å². The maximum atomic E-state index is 11.2. The topological polar surface area (TPSA) is 29.1 Å². The van der Waals surface area contributed by atoms with Crippen molar-refractivity contribution in [3.05, 3.63) is 29.8 Å². The average molecular weight is 224 g/mol. The van der Waals surface area contributed by atoms with E-state index in [1.54, 1.807) is 0 Å². The molecule has 0 bridgehead atoms. The van der Waals surface area contributed by atoms with Gasteiger partial charge in [-0.3, -0.25) is 4.79 Å². The van der Waals surface area contributed by atoms with Gasteiger partial charge in [-0.2, -0.15) is 0 Å². The summed E-state index contributed by atoms with van der Waals surface area (Å²) < 4.78 is 0. The Kier molecular flexibility index (Phi) is 2.70. The van der Waals surface area contributed by atoms with Gasteiger partial charge in [0.1, 0.15) is 5.88 Å². The number of benzene rings is 1. The van der Waals surface area contributed by atoms with Crippen molar-refractivity contribution in [2.24, 2.45) is 0 Å². The predicted octanol–water partition coefficient (Wildman–Crippen LogP) is 2.92. The number of anilines is 1. The Balaban J connectivity index is 2.26. The van der Waals surface area contributed by atoms with E-state index in [9.17, 15) is 4.79 Å². The van der Waals surface area contributed by atoms with Gasteiger partial charge >= 0.3 is 0 Å². The normalized spacial score (nSPS) is 17.2. The summed E-state index contributed by atoms with van der Waals surface area (Å²) >= 11 is 5.47. The molecule has 1 aromatic carbocycles. The SMILES string of the molecule is CC1(c2ccccc2NC(=O)CCl)CC1. The number of halogens is 1. The van der Waals surface area contributed by atoms with Crippen LogP contribution >= 0.6 is 11.6 Å². The first-order valence-electron chi connectivity index (χ1n) is 5.11. The molecular formula is C12H14ClNO. The van der Waals surface area contributed by atoms with Gasteiger partial charge in [0.15, 0.2) is 0 Å². The molecule has 1 fully saturated rings. The molecule has 1 amide bonds. The summed E-state index contributed by atoms with van der Waals surface area (Å²) in [5.74, 6) is -0.140. The fraction of sp³-hybridized carbons (Fsp3) is 0.417. The van der Waals surface area contributed by atoms with Crippen LogP contribution in [0, 0.1) is 0 Å². The Morgan fingerprint density at radius 1 is 1.47 bits per heavy atom. The molecule has 1 aromatic rings. The van der Waals surface area contributed by atoms with Crippen LogP contribution < -0.4 is 5.32 Å². The van der Waals surface area contributed by atoms with Crippen molar-refractivity contribution < 1.29 is 4.79 Å². The molecule has 0 unspecified atom stereocenters. The molecule has 1 aliphatic carbocycles. The molecule has 80 valence electrons. The van der Waals surface area contributed by atoms with Gasteiger partial charge in [-0.05, 0) is 29.9 Å². The van der Waals surface area contributed by atoms with Crippen molar-refractivity contribution in [1.82, 2.24) is 0 Å². The molecule has 0 spiro atoms. The molecule has 0 heterocycles. The average Bonchev–Trinajstić information content (AvgIpc) is 2.98. The number of carbonyl (C=O) groups excluding carboxylic acids is 1. The molecule has 0 radical (unpaired) electrons. The summed E-state index contributed by atoms with van der Waals surface area (Å²) in [6.45, 7) is 2.22. The van der Waals surface area contributed by atoms with Crippen molar-refractivity contribution in [2.45, 2.75) is 25.2 Å². The second-order valence-electron chi connectivity index (χ2n) is 4.29. The van der Waals surface area contributed by atoms with Gasteiger partial charge in [-0.1, -0.05) is 25.1 Å². The van der Waals surface area contributed by atoms with Gasteiger partial charge in [0.25, 0.3) is 0 Å². The van der Waals surface area contributed by atoms with Crippen molar-refractivity contribution in [3.8, 4) is 0 Å². The number of amides is 1. The Morgan fingerprint density at radius 3 is 2.73 bits per heavy atom. The molecule has 2 rings (SSSR count). The molecule has 1 saturated carbocycles. The van der Waals surface area contributed by atoms with Crippen molar-refractivity contribution in [3.63, 3.8) is 0 Å². The maximum Gasteiger partial charge on any atom is 0.239 e. The van der Waals surface area contributed by atoms with E-state index in [2.05, 4.69) is 18.3 Å². The van der Waals surface area contributed by atoms with Crippen LogP contribution in [0.1, 0.15) is 25.3 Å². The molecule has 0 atom stereocenters. The van der Waals surface area contributed by atoms with Crippen molar-refractivity contribution in [1.29, 1.82) is 0 Å². The second-order valence-corrected chi connectivity index (χ2v) is 4.56. The fourth-order valence-electron chi connectivity index (χ4n) is 1.76. The monoisotopic (exact) mass is 223 g/mol. The van der Waals surface area contributed by atoms with Crippen LogP contribution in [0.25, 0.3) is 0 Å². The minimum Gasteiger partial charge on any atom is -0.325 e.